The topological polar surface area (TPSA) is 68.1 Å². The molecule has 31 heavy (non-hydrogen) atoms. The van der Waals surface area contributed by atoms with E-state index in [1.54, 1.807) is 0 Å². The Kier molecular flexibility index (Phi) is 6.18. The van der Waals surface area contributed by atoms with Gasteiger partial charge in [0.15, 0.2) is 11.0 Å². The van der Waals surface area contributed by atoms with Crippen LogP contribution >= 0.6 is 11.8 Å². The number of carbonyl (C=O) groups is 2. The van der Waals surface area contributed by atoms with E-state index in [1.807, 2.05) is 42.8 Å². The van der Waals surface area contributed by atoms with E-state index >= 15 is 0 Å². The van der Waals surface area contributed by atoms with E-state index in [4.69, 9.17) is 0 Å². The second-order valence-corrected chi connectivity index (χ2v) is 8.81. The molecule has 4 rings (SSSR count). The highest BCUT2D eigenvalue weighted by Crippen LogP contribution is 2.31. The lowest BCUT2D eigenvalue weighted by Crippen LogP contribution is -2.41. The summed E-state index contributed by atoms with van der Waals surface area (Å²) in [7, 11) is 1.88. The fourth-order valence-corrected chi connectivity index (χ4v) is 4.66. The van der Waals surface area contributed by atoms with E-state index in [1.165, 1.54) is 40.9 Å². The smallest absolute Gasteiger partial charge is 0.260 e. The molecule has 1 saturated heterocycles. The molecule has 0 bridgehead atoms. The summed E-state index contributed by atoms with van der Waals surface area (Å²) >= 11 is 1.34. The Balaban J connectivity index is 1.54. The number of rotatable bonds is 4. The second kappa shape index (κ2) is 9.01. The predicted molar refractivity (Wildman–Crippen MR) is 117 cm³/mol. The number of amides is 2. The number of benzene rings is 2. The summed E-state index contributed by atoms with van der Waals surface area (Å²) in [5, 5.41) is 8.79. The normalized spacial score (nSPS) is 16.9. The molecule has 2 heterocycles. The Bertz CT molecular complexity index is 1100. The Labute approximate surface area is 184 Å². The van der Waals surface area contributed by atoms with Gasteiger partial charge in [-0.3, -0.25) is 14.5 Å². The van der Waals surface area contributed by atoms with Crippen molar-refractivity contribution in [2.24, 2.45) is 7.05 Å². The second-order valence-electron chi connectivity index (χ2n) is 7.64. The summed E-state index contributed by atoms with van der Waals surface area (Å²) in [4.78, 5) is 27.4. The van der Waals surface area contributed by atoms with Crippen LogP contribution in [0.15, 0.2) is 53.7 Å². The summed E-state index contributed by atoms with van der Waals surface area (Å²) in [6.07, 6.45) is 2.23. The van der Waals surface area contributed by atoms with Crippen molar-refractivity contribution in [1.29, 1.82) is 0 Å². The van der Waals surface area contributed by atoms with Crippen LogP contribution in [0.4, 0.5) is 4.39 Å². The molecule has 0 saturated carbocycles. The highest BCUT2D eigenvalue weighted by molar-refractivity contribution is 8.00. The van der Waals surface area contributed by atoms with Crippen LogP contribution in [-0.2, 0) is 11.8 Å². The van der Waals surface area contributed by atoms with Gasteiger partial charge in [-0.05, 0) is 44.0 Å². The highest BCUT2D eigenvalue weighted by Gasteiger charge is 2.33. The standard InChI is InChI=1S/C23H23FN4O2S/c1-15-6-8-16(9-7-15)20-25-26-23(27(20)2)31-19-5-3-4-14-28(22(19)30)21(29)17-10-12-18(24)13-11-17/h6-13,19H,3-5,14H2,1-2H3/t19-/m1/s1. The third-order valence-electron chi connectivity index (χ3n) is 5.37. The molecule has 6 nitrogen and oxygen atoms in total. The van der Waals surface area contributed by atoms with Gasteiger partial charge < -0.3 is 4.57 Å². The van der Waals surface area contributed by atoms with Crippen LogP contribution in [0.1, 0.15) is 35.2 Å². The van der Waals surface area contributed by atoms with Crippen LogP contribution in [0.5, 0.6) is 0 Å². The van der Waals surface area contributed by atoms with Crippen LogP contribution in [0, 0.1) is 12.7 Å². The number of hydrogen-bond donors (Lipinski definition) is 0. The minimum absolute atomic E-state index is 0.239. The molecule has 2 aromatic carbocycles. The summed E-state index contributed by atoms with van der Waals surface area (Å²) in [6.45, 7) is 2.39. The molecule has 8 heteroatoms. The molecule has 1 aliphatic heterocycles. The molecule has 1 atom stereocenters. The lowest BCUT2D eigenvalue weighted by Gasteiger charge is -2.22. The van der Waals surface area contributed by atoms with E-state index in [9.17, 15) is 14.0 Å². The minimum atomic E-state index is -0.430. The summed E-state index contributed by atoms with van der Waals surface area (Å²) in [5.41, 5.74) is 2.42. The molecule has 0 unspecified atom stereocenters. The number of nitrogens with zero attached hydrogens (tertiary/aromatic N) is 4. The van der Waals surface area contributed by atoms with E-state index < -0.39 is 17.0 Å². The SMILES string of the molecule is Cc1ccc(-c2nnc(S[C@@H]3CCCCN(C(=O)c4ccc(F)cc4)C3=O)n2C)cc1. The van der Waals surface area contributed by atoms with E-state index in [2.05, 4.69) is 10.2 Å². The van der Waals surface area contributed by atoms with Crippen LogP contribution in [-0.4, -0.2) is 43.3 Å². The van der Waals surface area contributed by atoms with Gasteiger partial charge in [0.25, 0.3) is 5.91 Å². The van der Waals surface area contributed by atoms with Crippen LogP contribution in [0.3, 0.4) is 0 Å². The van der Waals surface area contributed by atoms with Gasteiger partial charge in [0.05, 0.1) is 5.25 Å². The first-order valence-electron chi connectivity index (χ1n) is 10.2. The van der Waals surface area contributed by atoms with Gasteiger partial charge in [-0.15, -0.1) is 10.2 Å². The third kappa shape index (κ3) is 4.54. The molecule has 0 spiro atoms. The van der Waals surface area contributed by atoms with Crippen molar-refractivity contribution in [3.63, 3.8) is 0 Å². The lowest BCUT2D eigenvalue weighted by atomic mass is 10.1. The average molecular weight is 439 g/mol. The maximum atomic E-state index is 13.2. The summed E-state index contributed by atoms with van der Waals surface area (Å²) in [5.74, 6) is -0.325. The fourth-order valence-electron chi connectivity index (χ4n) is 3.57. The highest BCUT2D eigenvalue weighted by atomic mass is 32.2. The van der Waals surface area contributed by atoms with Gasteiger partial charge in [0.1, 0.15) is 5.82 Å². The van der Waals surface area contributed by atoms with E-state index in [0.29, 0.717) is 23.7 Å². The predicted octanol–water partition coefficient (Wildman–Crippen LogP) is 4.24. The minimum Gasteiger partial charge on any atom is -0.305 e. The van der Waals surface area contributed by atoms with Crippen molar-refractivity contribution in [2.75, 3.05) is 6.54 Å². The zero-order chi connectivity index (χ0) is 22.0. The van der Waals surface area contributed by atoms with Gasteiger partial charge in [-0.1, -0.05) is 48.0 Å². The molecule has 160 valence electrons. The van der Waals surface area contributed by atoms with Gasteiger partial charge in [0.2, 0.25) is 5.91 Å². The maximum absolute atomic E-state index is 13.2. The molecular formula is C23H23FN4O2S. The zero-order valence-corrected chi connectivity index (χ0v) is 18.2. The molecule has 1 fully saturated rings. The maximum Gasteiger partial charge on any atom is 0.260 e. The third-order valence-corrected chi connectivity index (χ3v) is 6.66. The van der Waals surface area contributed by atoms with Gasteiger partial charge in [-0.2, -0.15) is 0 Å². The number of likely N-dealkylation sites (tertiary alicyclic amines) is 1. The Morgan fingerprint density at radius 1 is 1.06 bits per heavy atom. The zero-order valence-electron chi connectivity index (χ0n) is 17.4. The van der Waals surface area contributed by atoms with Gasteiger partial charge in [-0.25, -0.2) is 4.39 Å². The number of hydrogen-bond acceptors (Lipinski definition) is 5. The van der Waals surface area contributed by atoms with E-state index in [0.717, 1.165) is 29.8 Å². The quantitative estimate of drug-likeness (QED) is 0.570. The van der Waals surface area contributed by atoms with E-state index in [-0.39, 0.29) is 5.91 Å². The number of aromatic nitrogens is 3. The van der Waals surface area contributed by atoms with Crippen molar-refractivity contribution in [3.05, 3.63) is 65.5 Å². The van der Waals surface area contributed by atoms with Crippen molar-refractivity contribution in [2.45, 2.75) is 36.6 Å². The van der Waals surface area contributed by atoms with Crippen molar-refractivity contribution in [1.82, 2.24) is 19.7 Å². The molecule has 0 radical (unpaired) electrons. The molecule has 2 amide bonds. The monoisotopic (exact) mass is 438 g/mol. The first kappa shape index (κ1) is 21.2. The summed E-state index contributed by atoms with van der Waals surface area (Å²) < 4.78 is 15.1. The Hall–Kier alpha value is -3.00. The first-order valence-corrected chi connectivity index (χ1v) is 11.1. The molecule has 0 N–H and O–H groups in total. The fraction of sp³-hybridized carbons (Fsp3) is 0.304. The van der Waals surface area contributed by atoms with Crippen LogP contribution in [0.25, 0.3) is 11.4 Å². The Morgan fingerprint density at radius 2 is 1.77 bits per heavy atom. The van der Waals surface area contributed by atoms with Gasteiger partial charge in [0, 0.05) is 24.7 Å². The first-order chi connectivity index (χ1) is 14.9. The summed E-state index contributed by atoms with van der Waals surface area (Å²) in [6, 6.07) is 13.3. The number of halogens is 1. The molecule has 3 aromatic rings. The number of thioether (sulfide) groups is 1. The van der Waals surface area contributed by atoms with Crippen LogP contribution < -0.4 is 0 Å². The van der Waals surface area contributed by atoms with Crippen molar-refractivity contribution >= 4 is 23.6 Å². The number of carbonyl (C=O) groups excluding carboxylic acids is 2. The Morgan fingerprint density at radius 3 is 2.48 bits per heavy atom. The lowest BCUT2D eigenvalue weighted by molar-refractivity contribution is -0.127. The number of imide groups is 1. The van der Waals surface area contributed by atoms with Gasteiger partial charge >= 0.3 is 0 Å². The average Bonchev–Trinajstić information content (AvgIpc) is 3.02. The van der Waals surface area contributed by atoms with Crippen molar-refractivity contribution < 1.29 is 14.0 Å². The molecule has 1 aliphatic rings. The van der Waals surface area contributed by atoms with Crippen LogP contribution in [0.2, 0.25) is 0 Å². The molecular weight excluding hydrogens is 415 g/mol. The molecule has 0 aliphatic carbocycles. The van der Waals surface area contributed by atoms with Crippen molar-refractivity contribution in [3.8, 4) is 11.4 Å². The largest absolute Gasteiger partial charge is 0.305 e. The number of aryl methyl sites for hydroxylation is 1. The molecule has 1 aromatic heterocycles.